The summed E-state index contributed by atoms with van der Waals surface area (Å²) in [7, 11) is -1.95. The van der Waals surface area contributed by atoms with E-state index >= 15 is 0 Å². The summed E-state index contributed by atoms with van der Waals surface area (Å²) < 4.78 is 51.6. The molecule has 0 spiro atoms. The minimum atomic E-state index is -4.32. The second kappa shape index (κ2) is 3.73. The third-order valence-electron chi connectivity index (χ3n) is 2.35. The van der Waals surface area contributed by atoms with E-state index in [9.17, 15) is 17.6 Å². The van der Waals surface area contributed by atoms with Gasteiger partial charge in [-0.15, -0.1) is 13.2 Å². The summed E-state index contributed by atoms with van der Waals surface area (Å²) >= 11 is 0. The van der Waals surface area contributed by atoms with E-state index in [1.807, 2.05) is 0 Å². The maximum absolute atomic E-state index is 13.0. The molecule has 0 aliphatic rings. The quantitative estimate of drug-likeness (QED) is 0.504. The summed E-state index contributed by atoms with van der Waals surface area (Å²) in [5.41, 5.74) is -4.32. The zero-order chi connectivity index (χ0) is 11.9. The summed E-state index contributed by atoms with van der Waals surface area (Å²) in [5, 5.41) is 0.485. The summed E-state index contributed by atoms with van der Waals surface area (Å²) in [6, 6.07) is 5.10. The number of alkyl halides is 3. The fourth-order valence-corrected chi connectivity index (χ4v) is 3.65. The molecule has 2 rings (SSSR count). The number of aryl methyl sites for hydroxylation is 1. The predicted molar refractivity (Wildman–Crippen MR) is 57.1 cm³/mol. The number of hydrogen-bond donors (Lipinski definition) is 0. The molecular weight excluding hydrogens is 240 g/mol. The van der Waals surface area contributed by atoms with Crippen LogP contribution in [0.4, 0.5) is 17.6 Å². The van der Waals surface area contributed by atoms with Crippen LogP contribution in [0, 0.1) is 5.82 Å². The van der Waals surface area contributed by atoms with Crippen LogP contribution in [0.1, 0.15) is 11.8 Å². The van der Waals surface area contributed by atoms with Crippen molar-refractivity contribution in [3.05, 3.63) is 35.0 Å². The van der Waals surface area contributed by atoms with Gasteiger partial charge in [0.2, 0.25) is 0 Å². The lowest BCUT2D eigenvalue weighted by Gasteiger charge is -1.98. The minimum Gasteiger partial charge on any atom is -0.207 e. The molecule has 86 valence electrons. The van der Waals surface area contributed by atoms with Gasteiger partial charge in [-0.05, 0) is 12.1 Å². The molecule has 0 saturated heterocycles. The van der Waals surface area contributed by atoms with Crippen LogP contribution in [0.25, 0.3) is 10.1 Å². The Balaban J connectivity index is 2.81. The monoisotopic (exact) mass is 249 g/mol. The van der Waals surface area contributed by atoms with Gasteiger partial charge in [0.1, 0.15) is 5.82 Å². The van der Waals surface area contributed by atoms with Gasteiger partial charge < -0.3 is 0 Å². The Morgan fingerprint density at radius 3 is 2.44 bits per heavy atom. The highest BCUT2D eigenvalue weighted by Gasteiger charge is 2.47. The molecule has 0 nitrogen and oxygen atoms in total. The summed E-state index contributed by atoms with van der Waals surface area (Å²) in [5.74, 6) is -0.619. The van der Waals surface area contributed by atoms with Crippen molar-refractivity contribution in [3.63, 3.8) is 0 Å². The molecule has 1 unspecified atom stereocenters. The Morgan fingerprint density at radius 2 is 1.88 bits per heavy atom. The summed E-state index contributed by atoms with van der Waals surface area (Å²) in [6.45, 7) is 1.68. The normalized spacial score (nSPS) is 13.4. The highest BCUT2D eigenvalue weighted by molar-refractivity contribution is 7.38. The van der Waals surface area contributed by atoms with Crippen LogP contribution in [-0.2, 0) is 11.9 Å². The molecule has 5 heteroatoms. The third-order valence-corrected chi connectivity index (χ3v) is 4.54. The van der Waals surface area contributed by atoms with E-state index in [0.29, 0.717) is 16.7 Å². The van der Waals surface area contributed by atoms with Gasteiger partial charge in [0, 0.05) is 23.9 Å². The largest absolute Gasteiger partial charge is 0.600 e. The van der Waals surface area contributed by atoms with Crippen LogP contribution in [0.2, 0.25) is 0 Å². The number of rotatable bonds is 1. The van der Waals surface area contributed by atoms with Gasteiger partial charge in [-0.2, -0.15) is 0 Å². The average molecular weight is 249 g/mol. The topological polar surface area (TPSA) is 0 Å². The van der Waals surface area contributed by atoms with Gasteiger partial charge in [-0.1, -0.05) is 6.92 Å². The zero-order valence-corrected chi connectivity index (χ0v) is 9.25. The van der Waals surface area contributed by atoms with Gasteiger partial charge >= 0.3 is 5.51 Å². The van der Waals surface area contributed by atoms with Gasteiger partial charge in [-0.25, -0.2) is 4.39 Å². The number of halogens is 4. The van der Waals surface area contributed by atoms with E-state index in [1.54, 1.807) is 6.92 Å². The molecule has 0 radical (unpaired) electrons. The van der Waals surface area contributed by atoms with Crippen molar-refractivity contribution in [2.45, 2.75) is 18.9 Å². The lowest BCUT2D eigenvalue weighted by molar-refractivity contribution is -0.0867. The van der Waals surface area contributed by atoms with Gasteiger partial charge in [0.25, 0.3) is 0 Å². The first-order chi connectivity index (χ1) is 7.43. The van der Waals surface area contributed by atoms with Crippen molar-refractivity contribution in [2.75, 3.05) is 0 Å². The van der Waals surface area contributed by atoms with E-state index in [4.69, 9.17) is 0 Å². The number of benzene rings is 1. The Hall–Kier alpha value is -1.10. The fourth-order valence-electron chi connectivity index (χ4n) is 1.70. The molecule has 0 fully saturated rings. The Bertz CT molecular complexity index is 524. The molecule has 0 saturated carbocycles. The maximum atomic E-state index is 13.0. The molecule has 0 aliphatic carbocycles. The van der Waals surface area contributed by atoms with Crippen LogP contribution in [0.5, 0.6) is 0 Å². The number of fused-ring (bicyclic) bond motifs is 1. The SMILES string of the molecule is CCc1cc2ccc(F)cc2[s+]1C(F)(F)F. The molecule has 1 heterocycles. The molecule has 2 aromatic rings. The first kappa shape index (κ1) is 11.4. The lowest BCUT2D eigenvalue weighted by atomic mass is 10.2. The van der Waals surface area contributed by atoms with E-state index in [0.717, 1.165) is 6.07 Å². The van der Waals surface area contributed by atoms with Crippen molar-refractivity contribution in [1.29, 1.82) is 0 Å². The van der Waals surface area contributed by atoms with Crippen LogP contribution >= 0.6 is 10.5 Å². The first-order valence-corrected chi connectivity index (χ1v) is 5.97. The van der Waals surface area contributed by atoms with Crippen LogP contribution in [-0.4, -0.2) is 0 Å². The van der Waals surface area contributed by atoms with Crippen LogP contribution in [0.3, 0.4) is 0 Å². The Labute approximate surface area is 92.5 Å². The summed E-state index contributed by atoms with van der Waals surface area (Å²) in [4.78, 5) is 0.327. The Kier molecular flexibility index (Phi) is 2.66. The molecule has 1 aromatic carbocycles. The molecule has 0 aliphatic heterocycles. The zero-order valence-electron chi connectivity index (χ0n) is 8.44. The number of hydrogen-bond acceptors (Lipinski definition) is 0. The number of thiophene rings is 1. The minimum absolute atomic E-state index is 0.0596. The third kappa shape index (κ3) is 1.80. The van der Waals surface area contributed by atoms with E-state index in [-0.39, 0.29) is 4.70 Å². The highest BCUT2D eigenvalue weighted by atomic mass is 32.2. The molecule has 1 atom stereocenters. The molecule has 0 bridgehead atoms. The van der Waals surface area contributed by atoms with Crippen molar-refractivity contribution >= 4 is 20.6 Å². The second-order valence-corrected chi connectivity index (χ2v) is 5.44. The molecule has 16 heavy (non-hydrogen) atoms. The molecule has 0 amide bonds. The molecule has 0 N–H and O–H groups in total. The van der Waals surface area contributed by atoms with Crippen LogP contribution < -0.4 is 0 Å². The van der Waals surface area contributed by atoms with Crippen molar-refractivity contribution < 1.29 is 17.6 Å². The van der Waals surface area contributed by atoms with Gasteiger partial charge in [0.15, 0.2) is 9.58 Å². The smallest absolute Gasteiger partial charge is 0.207 e. The van der Waals surface area contributed by atoms with Crippen molar-refractivity contribution in [3.8, 4) is 0 Å². The molecule has 1 aromatic heterocycles. The van der Waals surface area contributed by atoms with Crippen molar-refractivity contribution in [1.82, 2.24) is 0 Å². The van der Waals surface area contributed by atoms with Crippen molar-refractivity contribution in [2.24, 2.45) is 0 Å². The van der Waals surface area contributed by atoms with Crippen LogP contribution in [0.15, 0.2) is 24.3 Å². The fraction of sp³-hybridized carbons (Fsp3) is 0.273. The second-order valence-electron chi connectivity index (χ2n) is 3.40. The molecular formula is C11H9F4S+. The van der Waals surface area contributed by atoms with E-state index < -0.39 is 21.8 Å². The van der Waals surface area contributed by atoms with E-state index in [1.165, 1.54) is 18.2 Å². The maximum Gasteiger partial charge on any atom is 0.600 e. The average Bonchev–Trinajstić information content (AvgIpc) is 2.54. The van der Waals surface area contributed by atoms with Gasteiger partial charge in [-0.3, -0.25) is 0 Å². The highest BCUT2D eigenvalue weighted by Crippen LogP contribution is 2.50. The van der Waals surface area contributed by atoms with Gasteiger partial charge in [0.05, 0.1) is 10.5 Å². The standard InChI is InChI=1S/C11H9F4S/c1-2-9-5-7-3-4-8(12)6-10(7)16(9)11(13,14)15/h3-6H,2H2,1H3/q+1. The Morgan fingerprint density at radius 1 is 1.19 bits per heavy atom. The first-order valence-electron chi connectivity index (χ1n) is 4.74. The predicted octanol–water partition coefficient (Wildman–Crippen LogP) is 4.77. The lowest BCUT2D eigenvalue weighted by Crippen LogP contribution is -1.97. The summed E-state index contributed by atoms with van der Waals surface area (Å²) in [6.07, 6.45) is 0.332. The van der Waals surface area contributed by atoms with E-state index in [2.05, 4.69) is 0 Å².